The first kappa shape index (κ1) is 19.9. The molecule has 7 heteroatoms. The van der Waals surface area contributed by atoms with Crippen molar-refractivity contribution >= 4 is 27.5 Å². The molecule has 0 unspecified atom stereocenters. The third-order valence-corrected chi connectivity index (χ3v) is 6.17. The minimum absolute atomic E-state index is 0.0281. The molecular formula is C21H18ClNO4S. The third kappa shape index (κ3) is 4.91. The number of hydrogen-bond donors (Lipinski definition) is 1. The maximum absolute atomic E-state index is 13.1. The second-order valence-corrected chi connectivity index (χ2v) is 8.47. The molecule has 0 aliphatic rings. The van der Waals surface area contributed by atoms with E-state index in [0.29, 0.717) is 10.6 Å². The lowest BCUT2D eigenvalue weighted by molar-refractivity contribution is 0.138. The molecule has 28 heavy (non-hydrogen) atoms. The number of ether oxygens (including phenoxy) is 1. The van der Waals surface area contributed by atoms with Crippen LogP contribution in [0.15, 0.2) is 89.8 Å². The van der Waals surface area contributed by atoms with Crippen LogP contribution in [0.1, 0.15) is 16.5 Å². The van der Waals surface area contributed by atoms with Crippen LogP contribution in [0.25, 0.3) is 0 Å². The summed E-state index contributed by atoms with van der Waals surface area (Å²) in [6, 6.07) is 23.4. The molecule has 0 aromatic heterocycles. The van der Waals surface area contributed by atoms with Crippen molar-refractivity contribution in [2.75, 3.05) is 0 Å². The van der Waals surface area contributed by atoms with Crippen molar-refractivity contribution in [3.05, 3.63) is 101 Å². The number of benzene rings is 3. The molecule has 3 aromatic carbocycles. The summed E-state index contributed by atoms with van der Waals surface area (Å²) in [5, 5.41) is 1.49. The fourth-order valence-corrected chi connectivity index (χ4v) is 4.39. The van der Waals surface area contributed by atoms with Gasteiger partial charge in [0.15, 0.2) is 5.37 Å². The SMILES string of the molecule is O=C(N[C@H](c1cccc(Cl)c1)S(=O)(=O)c1ccccc1)OCc1ccccc1. The molecule has 5 nitrogen and oxygen atoms in total. The Morgan fingerprint density at radius 1 is 0.929 bits per heavy atom. The van der Waals surface area contributed by atoms with Gasteiger partial charge in [-0.3, -0.25) is 0 Å². The zero-order chi connectivity index (χ0) is 20.0. The van der Waals surface area contributed by atoms with Gasteiger partial charge in [0.1, 0.15) is 6.61 Å². The van der Waals surface area contributed by atoms with E-state index in [-0.39, 0.29) is 11.5 Å². The highest BCUT2D eigenvalue weighted by molar-refractivity contribution is 7.91. The van der Waals surface area contributed by atoms with Gasteiger partial charge in [0, 0.05) is 5.02 Å². The van der Waals surface area contributed by atoms with Gasteiger partial charge in [0.05, 0.1) is 4.90 Å². The average molecular weight is 416 g/mol. The second kappa shape index (κ2) is 8.91. The number of alkyl carbamates (subject to hydrolysis) is 1. The summed E-state index contributed by atoms with van der Waals surface area (Å²) in [7, 11) is -3.92. The minimum atomic E-state index is -3.92. The maximum atomic E-state index is 13.1. The lowest BCUT2D eigenvalue weighted by Crippen LogP contribution is -2.34. The lowest BCUT2D eigenvalue weighted by atomic mass is 10.2. The van der Waals surface area contributed by atoms with Crippen molar-refractivity contribution in [2.45, 2.75) is 16.9 Å². The van der Waals surface area contributed by atoms with Gasteiger partial charge < -0.3 is 10.1 Å². The predicted octanol–water partition coefficient (Wildman–Crippen LogP) is 4.74. The van der Waals surface area contributed by atoms with E-state index in [0.717, 1.165) is 5.56 Å². The van der Waals surface area contributed by atoms with Crippen LogP contribution < -0.4 is 5.32 Å². The Morgan fingerprint density at radius 3 is 2.21 bits per heavy atom. The minimum Gasteiger partial charge on any atom is -0.445 e. The molecular weight excluding hydrogens is 398 g/mol. The molecule has 1 amide bonds. The number of sulfone groups is 1. The Labute approximate surface area is 168 Å². The number of nitrogens with one attached hydrogen (secondary N) is 1. The molecule has 3 aromatic rings. The summed E-state index contributed by atoms with van der Waals surface area (Å²) in [6.07, 6.45) is -0.840. The Hall–Kier alpha value is -2.83. The first-order valence-electron chi connectivity index (χ1n) is 8.48. The van der Waals surface area contributed by atoms with E-state index in [1.54, 1.807) is 36.4 Å². The molecule has 0 saturated heterocycles. The topological polar surface area (TPSA) is 72.5 Å². The molecule has 0 radical (unpaired) electrons. The van der Waals surface area contributed by atoms with Crippen LogP contribution in [0.3, 0.4) is 0 Å². The van der Waals surface area contributed by atoms with Gasteiger partial charge in [-0.15, -0.1) is 0 Å². The lowest BCUT2D eigenvalue weighted by Gasteiger charge is -2.20. The van der Waals surface area contributed by atoms with E-state index in [2.05, 4.69) is 5.32 Å². The van der Waals surface area contributed by atoms with Crippen LogP contribution in [0, 0.1) is 0 Å². The molecule has 0 bridgehead atoms. The van der Waals surface area contributed by atoms with Gasteiger partial charge in [0.2, 0.25) is 9.84 Å². The fourth-order valence-electron chi connectivity index (χ4n) is 2.63. The number of carbonyl (C=O) groups is 1. The molecule has 1 N–H and O–H groups in total. The number of hydrogen-bond acceptors (Lipinski definition) is 4. The Kier molecular flexibility index (Phi) is 6.34. The Balaban J connectivity index is 1.85. The first-order valence-corrected chi connectivity index (χ1v) is 10.4. The van der Waals surface area contributed by atoms with E-state index in [1.165, 1.54) is 18.2 Å². The van der Waals surface area contributed by atoms with Gasteiger partial charge in [-0.1, -0.05) is 72.3 Å². The van der Waals surface area contributed by atoms with E-state index in [1.807, 2.05) is 30.3 Å². The van der Waals surface area contributed by atoms with Crippen LogP contribution >= 0.6 is 11.6 Å². The van der Waals surface area contributed by atoms with E-state index in [4.69, 9.17) is 16.3 Å². The largest absolute Gasteiger partial charge is 0.445 e. The zero-order valence-corrected chi connectivity index (χ0v) is 16.4. The summed E-state index contributed by atoms with van der Waals surface area (Å²) < 4.78 is 31.5. The molecule has 0 saturated carbocycles. The highest BCUT2D eigenvalue weighted by Crippen LogP contribution is 2.28. The van der Waals surface area contributed by atoms with E-state index in [9.17, 15) is 13.2 Å². The first-order chi connectivity index (χ1) is 13.5. The molecule has 0 spiro atoms. The maximum Gasteiger partial charge on any atom is 0.408 e. The molecule has 1 atom stereocenters. The standard InChI is InChI=1S/C21H18ClNO4S/c22-18-11-7-10-17(14-18)20(28(25,26)19-12-5-2-6-13-19)23-21(24)27-15-16-8-3-1-4-9-16/h1-14,20H,15H2,(H,23,24)/t20-/m0/s1. The van der Waals surface area contributed by atoms with Crippen LogP contribution in [0.2, 0.25) is 5.02 Å². The smallest absolute Gasteiger partial charge is 0.408 e. The summed E-state index contributed by atoms with van der Waals surface area (Å²) in [5.74, 6) is 0. The van der Waals surface area contributed by atoms with E-state index >= 15 is 0 Å². The summed E-state index contributed by atoms with van der Waals surface area (Å²) in [5.41, 5.74) is 1.14. The van der Waals surface area contributed by atoms with Crippen molar-refractivity contribution in [1.29, 1.82) is 0 Å². The Bertz CT molecular complexity index is 1040. The van der Waals surface area contributed by atoms with Crippen molar-refractivity contribution in [3.8, 4) is 0 Å². The monoisotopic (exact) mass is 415 g/mol. The predicted molar refractivity (Wildman–Crippen MR) is 108 cm³/mol. The summed E-state index contributed by atoms with van der Waals surface area (Å²) in [4.78, 5) is 12.4. The van der Waals surface area contributed by atoms with Crippen molar-refractivity contribution in [2.24, 2.45) is 0 Å². The molecule has 3 rings (SSSR count). The van der Waals surface area contributed by atoms with E-state index < -0.39 is 21.3 Å². The van der Waals surface area contributed by atoms with Crippen LogP contribution in [0.5, 0.6) is 0 Å². The number of amides is 1. The van der Waals surface area contributed by atoms with Gasteiger partial charge >= 0.3 is 6.09 Å². The number of carbonyl (C=O) groups excluding carboxylic acids is 1. The summed E-state index contributed by atoms with van der Waals surface area (Å²) in [6.45, 7) is 0.0281. The quantitative estimate of drug-likeness (QED) is 0.631. The van der Waals surface area contributed by atoms with Crippen molar-refractivity contribution < 1.29 is 17.9 Å². The fraction of sp³-hybridized carbons (Fsp3) is 0.0952. The number of rotatable bonds is 6. The average Bonchev–Trinajstić information content (AvgIpc) is 2.72. The molecule has 0 heterocycles. The second-order valence-electron chi connectivity index (χ2n) is 6.00. The Morgan fingerprint density at radius 2 is 1.57 bits per heavy atom. The molecule has 0 fully saturated rings. The van der Waals surface area contributed by atoms with Crippen molar-refractivity contribution in [3.63, 3.8) is 0 Å². The van der Waals surface area contributed by atoms with Crippen molar-refractivity contribution in [1.82, 2.24) is 5.32 Å². The van der Waals surface area contributed by atoms with Gasteiger partial charge in [-0.05, 0) is 35.4 Å². The zero-order valence-electron chi connectivity index (χ0n) is 14.8. The van der Waals surface area contributed by atoms with Gasteiger partial charge in [0.25, 0.3) is 0 Å². The van der Waals surface area contributed by atoms with Gasteiger partial charge in [-0.2, -0.15) is 0 Å². The number of halogens is 1. The molecule has 0 aliphatic heterocycles. The normalized spacial score (nSPS) is 12.2. The molecule has 0 aliphatic carbocycles. The van der Waals surface area contributed by atoms with Crippen LogP contribution in [0.4, 0.5) is 4.79 Å². The van der Waals surface area contributed by atoms with Crippen LogP contribution in [-0.2, 0) is 21.2 Å². The highest BCUT2D eigenvalue weighted by atomic mass is 35.5. The highest BCUT2D eigenvalue weighted by Gasteiger charge is 2.31. The summed E-state index contributed by atoms with van der Waals surface area (Å²) >= 11 is 6.02. The van der Waals surface area contributed by atoms with Crippen LogP contribution in [-0.4, -0.2) is 14.5 Å². The molecule has 144 valence electrons. The van der Waals surface area contributed by atoms with Gasteiger partial charge in [-0.25, -0.2) is 13.2 Å². The third-order valence-electron chi connectivity index (χ3n) is 4.00.